The summed E-state index contributed by atoms with van der Waals surface area (Å²) in [6.07, 6.45) is 3.93. The second-order valence-electron chi connectivity index (χ2n) is 4.90. The highest BCUT2D eigenvalue weighted by Gasteiger charge is 2.34. The summed E-state index contributed by atoms with van der Waals surface area (Å²) >= 11 is 0. The summed E-state index contributed by atoms with van der Waals surface area (Å²) in [5, 5.41) is 9.11. The first-order chi connectivity index (χ1) is 10.4. The van der Waals surface area contributed by atoms with E-state index in [4.69, 9.17) is 5.11 Å². The molecule has 1 amide bonds. The van der Waals surface area contributed by atoms with Gasteiger partial charge in [0.2, 0.25) is 5.91 Å². The maximum atomic E-state index is 12.1. The van der Waals surface area contributed by atoms with Gasteiger partial charge in [0.25, 0.3) is 10.0 Å². The number of hydrogen-bond donors (Lipinski definition) is 3. The Balaban J connectivity index is 2.03. The molecule has 0 spiro atoms. The molecule has 7 nitrogen and oxygen atoms in total. The lowest BCUT2D eigenvalue weighted by Crippen LogP contribution is -2.47. The van der Waals surface area contributed by atoms with Crippen LogP contribution in [0.4, 0.5) is 0 Å². The molecule has 22 heavy (non-hydrogen) atoms. The fourth-order valence-corrected chi connectivity index (χ4v) is 3.11. The van der Waals surface area contributed by atoms with Gasteiger partial charge in [-0.25, -0.2) is 8.42 Å². The Morgan fingerprint density at radius 1 is 1.05 bits per heavy atom. The van der Waals surface area contributed by atoms with Crippen LogP contribution < -0.4 is 10.3 Å². The first kappa shape index (κ1) is 16.2. The number of carbonyl (C=O) groups excluding carboxylic acids is 1. The van der Waals surface area contributed by atoms with Gasteiger partial charge in [-0.15, -0.1) is 4.83 Å². The van der Waals surface area contributed by atoms with Crippen molar-refractivity contribution in [3.8, 4) is 0 Å². The standard InChI is InChI=1S/C14H16N2O5S/c17-13(11-8-4-5-9-12(11)14(18)19)15-16-22(20,21)10-6-2-1-3-7-10/h1-7,11-12,16H,8-9H2,(H,15,17)(H,18,19)/t11-,12-/m1/s1. The summed E-state index contributed by atoms with van der Waals surface area (Å²) < 4.78 is 24.0. The Morgan fingerprint density at radius 3 is 2.23 bits per heavy atom. The number of sulfonamides is 1. The number of rotatable bonds is 5. The van der Waals surface area contributed by atoms with Crippen molar-refractivity contribution in [2.45, 2.75) is 17.7 Å². The minimum absolute atomic E-state index is 0.00799. The molecule has 1 aromatic rings. The van der Waals surface area contributed by atoms with E-state index < -0.39 is 33.7 Å². The maximum absolute atomic E-state index is 12.1. The van der Waals surface area contributed by atoms with Gasteiger partial charge in [0.05, 0.1) is 16.7 Å². The molecule has 3 N–H and O–H groups in total. The van der Waals surface area contributed by atoms with Crippen LogP contribution in [0.3, 0.4) is 0 Å². The van der Waals surface area contributed by atoms with Crippen LogP contribution in [0.25, 0.3) is 0 Å². The maximum Gasteiger partial charge on any atom is 0.307 e. The van der Waals surface area contributed by atoms with E-state index in [-0.39, 0.29) is 17.7 Å². The van der Waals surface area contributed by atoms with E-state index in [1.165, 1.54) is 12.1 Å². The van der Waals surface area contributed by atoms with Crippen molar-refractivity contribution in [1.82, 2.24) is 10.3 Å². The van der Waals surface area contributed by atoms with Gasteiger partial charge in [-0.2, -0.15) is 0 Å². The van der Waals surface area contributed by atoms with Gasteiger partial charge >= 0.3 is 5.97 Å². The third-order valence-corrected chi connectivity index (χ3v) is 4.71. The van der Waals surface area contributed by atoms with E-state index in [1.54, 1.807) is 30.4 Å². The van der Waals surface area contributed by atoms with Crippen molar-refractivity contribution >= 4 is 21.9 Å². The van der Waals surface area contributed by atoms with E-state index in [1.807, 2.05) is 4.83 Å². The number of hydrogen-bond acceptors (Lipinski definition) is 4. The zero-order valence-corrected chi connectivity index (χ0v) is 12.4. The van der Waals surface area contributed by atoms with Gasteiger partial charge in [-0.1, -0.05) is 30.4 Å². The fraction of sp³-hybridized carbons (Fsp3) is 0.286. The third-order valence-electron chi connectivity index (χ3n) is 3.45. The number of aliphatic carboxylic acids is 1. The van der Waals surface area contributed by atoms with Crippen molar-refractivity contribution in [2.24, 2.45) is 11.8 Å². The number of hydrazine groups is 1. The monoisotopic (exact) mass is 324 g/mol. The molecule has 0 aromatic heterocycles. The minimum Gasteiger partial charge on any atom is -0.481 e. The second kappa shape index (κ2) is 6.71. The highest BCUT2D eigenvalue weighted by molar-refractivity contribution is 7.89. The number of amides is 1. The molecular weight excluding hydrogens is 308 g/mol. The highest BCUT2D eigenvalue weighted by atomic mass is 32.2. The molecule has 0 saturated heterocycles. The summed E-state index contributed by atoms with van der Waals surface area (Å²) in [5.74, 6) is -3.39. The van der Waals surface area contributed by atoms with Gasteiger partial charge in [-0.3, -0.25) is 15.0 Å². The first-order valence-electron chi connectivity index (χ1n) is 6.66. The molecule has 1 aromatic carbocycles. The molecule has 8 heteroatoms. The zero-order valence-electron chi connectivity index (χ0n) is 11.6. The average molecular weight is 324 g/mol. The Hall–Kier alpha value is -2.19. The van der Waals surface area contributed by atoms with E-state index in [0.717, 1.165) is 0 Å². The number of carbonyl (C=O) groups is 2. The number of carboxylic acid groups (broad SMARTS) is 1. The average Bonchev–Trinajstić information content (AvgIpc) is 2.53. The molecule has 2 rings (SSSR count). The SMILES string of the molecule is O=C(O)[C@@H]1CC=CC[C@H]1C(=O)NNS(=O)(=O)c1ccccc1. The van der Waals surface area contributed by atoms with Crippen LogP contribution in [0.1, 0.15) is 12.8 Å². The van der Waals surface area contributed by atoms with E-state index >= 15 is 0 Å². The lowest BCUT2D eigenvalue weighted by molar-refractivity contribution is -0.147. The van der Waals surface area contributed by atoms with Gasteiger partial charge in [-0.05, 0) is 25.0 Å². The summed E-state index contributed by atoms with van der Waals surface area (Å²) in [5.41, 5.74) is 2.10. The van der Waals surface area contributed by atoms with Crippen LogP contribution in [0.5, 0.6) is 0 Å². The number of allylic oxidation sites excluding steroid dienone is 2. The predicted molar refractivity (Wildman–Crippen MR) is 77.9 cm³/mol. The fourth-order valence-electron chi connectivity index (χ4n) is 2.25. The quantitative estimate of drug-likeness (QED) is 0.544. The first-order valence-corrected chi connectivity index (χ1v) is 8.14. The molecule has 1 aliphatic carbocycles. The summed E-state index contributed by atoms with van der Waals surface area (Å²) in [6.45, 7) is 0. The van der Waals surface area contributed by atoms with Crippen LogP contribution in [-0.4, -0.2) is 25.4 Å². The van der Waals surface area contributed by atoms with Gasteiger partial charge in [0, 0.05) is 0 Å². The molecule has 2 atom stereocenters. The van der Waals surface area contributed by atoms with E-state index in [2.05, 4.69) is 5.43 Å². The second-order valence-corrected chi connectivity index (χ2v) is 6.58. The van der Waals surface area contributed by atoms with Crippen LogP contribution in [0, 0.1) is 11.8 Å². The van der Waals surface area contributed by atoms with E-state index in [9.17, 15) is 18.0 Å². The Kier molecular flexibility index (Phi) is 4.94. The molecule has 0 saturated carbocycles. The molecule has 118 valence electrons. The smallest absolute Gasteiger partial charge is 0.307 e. The third kappa shape index (κ3) is 3.71. The molecule has 0 radical (unpaired) electrons. The Morgan fingerprint density at radius 2 is 1.64 bits per heavy atom. The lowest BCUT2D eigenvalue weighted by atomic mass is 9.82. The number of carboxylic acids is 1. The van der Waals surface area contributed by atoms with E-state index in [0.29, 0.717) is 0 Å². The highest BCUT2D eigenvalue weighted by Crippen LogP contribution is 2.25. The molecule has 1 aliphatic rings. The number of benzene rings is 1. The molecule has 0 bridgehead atoms. The van der Waals surface area contributed by atoms with Gasteiger partial charge in [0.15, 0.2) is 0 Å². The largest absolute Gasteiger partial charge is 0.481 e. The van der Waals surface area contributed by atoms with Crippen molar-refractivity contribution in [3.63, 3.8) is 0 Å². The number of nitrogens with one attached hydrogen (secondary N) is 2. The molecule has 0 aliphatic heterocycles. The van der Waals surface area contributed by atoms with Crippen LogP contribution in [-0.2, 0) is 19.6 Å². The molecule has 0 unspecified atom stereocenters. The molecule has 0 fully saturated rings. The summed E-state index contributed by atoms with van der Waals surface area (Å²) in [6, 6.07) is 7.56. The van der Waals surface area contributed by atoms with Gasteiger partial charge < -0.3 is 5.11 Å². The van der Waals surface area contributed by atoms with Crippen molar-refractivity contribution in [2.75, 3.05) is 0 Å². The summed E-state index contributed by atoms with van der Waals surface area (Å²) in [4.78, 5) is 25.2. The van der Waals surface area contributed by atoms with Crippen molar-refractivity contribution in [3.05, 3.63) is 42.5 Å². The molecular formula is C14H16N2O5S. The predicted octanol–water partition coefficient (Wildman–Crippen LogP) is 0.663. The van der Waals surface area contributed by atoms with Crippen molar-refractivity contribution in [1.29, 1.82) is 0 Å². The van der Waals surface area contributed by atoms with Crippen LogP contribution in [0.2, 0.25) is 0 Å². The van der Waals surface area contributed by atoms with Crippen LogP contribution in [0.15, 0.2) is 47.4 Å². The topological polar surface area (TPSA) is 113 Å². The van der Waals surface area contributed by atoms with Crippen molar-refractivity contribution < 1.29 is 23.1 Å². The lowest BCUT2D eigenvalue weighted by Gasteiger charge is -2.24. The van der Waals surface area contributed by atoms with Crippen LogP contribution >= 0.6 is 0 Å². The zero-order chi connectivity index (χ0) is 16.2. The Labute approximate surface area is 128 Å². The van der Waals surface area contributed by atoms with Gasteiger partial charge in [0.1, 0.15) is 0 Å². The minimum atomic E-state index is -3.88. The molecule has 0 heterocycles. The summed E-state index contributed by atoms with van der Waals surface area (Å²) in [7, 11) is -3.88. The Bertz CT molecular complexity index is 684. The normalized spacial score (nSPS) is 21.3.